The Morgan fingerprint density at radius 3 is 0.743 bits per heavy atom. The van der Waals surface area contributed by atoms with Gasteiger partial charge >= 0.3 is 0 Å². The van der Waals surface area contributed by atoms with Crippen molar-refractivity contribution in [3.05, 3.63) is 323 Å². The lowest BCUT2D eigenvalue weighted by Crippen LogP contribution is -2.68. The molecule has 3 aliphatic heterocycles. The van der Waals surface area contributed by atoms with Crippen LogP contribution in [0.5, 0.6) is 0 Å². The van der Waals surface area contributed by atoms with Gasteiger partial charge in [0.05, 0.1) is 92.5 Å². The van der Waals surface area contributed by atoms with Crippen LogP contribution in [0.2, 0.25) is 0 Å². The van der Waals surface area contributed by atoms with Gasteiger partial charge in [-0.05, 0) is 50.1 Å². The number of ether oxygens (including phenoxy) is 16. The summed E-state index contributed by atoms with van der Waals surface area (Å²) in [5.41, 5.74) is 8.38. The second-order valence-corrected chi connectivity index (χ2v) is 25.2. The minimum absolute atomic E-state index is 0.0252. The topological polar surface area (TPSA) is 168 Å². The number of benzene rings is 9. The van der Waals surface area contributed by atoms with Crippen LogP contribution in [0.1, 0.15) is 50.1 Å². The van der Waals surface area contributed by atoms with Crippen molar-refractivity contribution in [2.45, 2.75) is 152 Å². The van der Waals surface area contributed by atoms with E-state index < -0.39 is 92.1 Å². The number of methoxy groups -OCH3 is 1. The molecule has 3 fully saturated rings. The molecule has 17 nitrogen and oxygen atoms in total. The van der Waals surface area contributed by atoms with Crippen molar-refractivity contribution in [3.63, 3.8) is 0 Å². The molecule has 3 saturated heterocycles. The predicted molar refractivity (Wildman–Crippen MR) is 378 cm³/mol. The number of hydrogen-bond acceptors (Lipinski definition) is 17. The molecular formula is C84H92O17. The molecular weight excluding hydrogens is 1280 g/mol. The van der Waals surface area contributed by atoms with E-state index in [0.717, 1.165) is 50.1 Å². The molecule has 0 unspecified atom stereocenters. The minimum atomic E-state index is -1.33. The van der Waals surface area contributed by atoms with Gasteiger partial charge in [-0.15, -0.1) is 0 Å². The molecule has 0 bridgehead atoms. The summed E-state index contributed by atoms with van der Waals surface area (Å²) >= 11 is 0. The quantitative estimate of drug-likeness (QED) is 0.0388. The Kier molecular flexibility index (Phi) is 28.7. The Balaban J connectivity index is 0.962. The predicted octanol–water partition coefficient (Wildman–Crippen LogP) is 13.1. The van der Waals surface area contributed by atoms with Crippen LogP contribution < -0.4 is 0 Å². The maximum atomic E-state index is 10.9. The van der Waals surface area contributed by atoms with E-state index in [-0.39, 0.29) is 92.5 Å². The summed E-state index contributed by atoms with van der Waals surface area (Å²) in [7, 11) is 1.58. The van der Waals surface area contributed by atoms with Crippen molar-refractivity contribution in [3.8, 4) is 0 Å². The lowest BCUT2D eigenvalue weighted by molar-refractivity contribution is -0.394. The Bertz CT molecular complexity index is 3670. The molecule has 530 valence electrons. The molecule has 0 radical (unpaired) electrons. The van der Waals surface area contributed by atoms with Gasteiger partial charge in [-0.2, -0.15) is 0 Å². The van der Waals surface area contributed by atoms with Crippen LogP contribution in [0.25, 0.3) is 0 Å². The van der Waals surface area contributed by atoms with Crippen molar-refractivity contribution in [1.29, 1.82) is 0 Å². The van der Waals surface area contributed by atoms with Crippen LogP contribution in [0.15, 0.2) is 273 Å². The normalized spacial score (nSPS) is 25.2. The lowest BCUT2D eigenvalue weighted by Gasteiger charge is -2.51. The molecule has 15 atom stereocenters. The summed E-state index contributed by atoms with van der Waals surface area (Å²) in [6.45, 7) is 1.26. The third-order valence-electron chi connectivity index (χ3n) is 17.9. The van der Waals surface area contributed by atoms with E-state index >= 15 is 0 Å². The Morgan fingerprint density at radius 1 is 0.248 bits per heavy atom. The fourth-order valence-electron chi connectivity index (χ4n) is 12.8. The number of hydrogen-bond donors (Lipinski definition) is 1. The first-order chi connectivity index (χ1) is 50.0. The third kappa shape index (κ3) is 21.7. The second kappa shape index (κ2) is 39.6. The van der Waals surface area contributed by atoms with Gasteiger partial charge in [0.25, 0.3) is 0 Å². The van der Waals surface area contributed by atoms with Crippen molar-refractivity contribution in [1.82, 2.24) is 0 Å². The zero-order valence-electron chi connectivity index (χ0n) is 57.0. The van der Waals surface area contributed by atoms with E-state index in [1.807, 2.05) is 273 Å². The number of aliphatic hydroxyl groups is 1. The van der Waals surface area contributed by atoms with E-state index in [4.69, 9.17) is 75.8 Å². The highest BCUT2D eigenvalue weighted by Crippen LogP contribution is 2.40. The first kappa shape index (κ1) is 73.1. The molecule has 0 amide bonds. The molecule has 0 saturated carbocycles. The van der Waals surface area contributed by atoms with Crippen LogP contribution in [-0.4, -0.2) is 137 Å². The van der Waals surface area contributed by atoms with Gasteiger partial charge in [-0.3, -0.25) is 0 Å². The largest absolute Gasteiger partial charge is 0.394 e. The summed E-state index contributed by atoms with van der Waals surface area (Å²) in [6, 6.07) is 89.4. The maximum absolute atomic E-state index is 10.9. The van der Waals surface area contributed by atoms with Crippen molar-refractivity contribution in [2.75, 3.05) is 40.1 Å². The molecule has 0 spiro atoms. The van der Waals surface area contributed by atoms with Crippen LogP contribution in [0.3, 0.4) is 0 Å². The van der Waals surface area contributed by atoms with E-state index in [0.29, 0.717) is 0 Å². The molecule has 101 heavy (non-hydrogen) atoms. The van der Waals surface area contributed by atoms with Crippen LogP contribution >= 0.6 is 0 Å². The fraction of sp³-hybridized carbons (Fsp3) is 0.357. The second-order valence-electron chi connectivity index (χ2n) is 25.2. The first-order valence-electron chi connectivity index (χ1n) is 34.8. The Hall–Kier alpha value is -7.70. The highest BCUT2D eigenvalue weighted by Gasteiger charge is 2.57. The van der Waals surface area contributed by atoms with Gasteiger partial charge in [0.1, 0.15) is 73.2 Å². The van der Waals surface area contributed by atoms with Crippen molar-refractivity contribution >= 4 is 0 Å². The zero-order valence-corrected chi connectivity index (χ0v) is 57.0. The molecule has 1 N–H and O–H groups in total. The SMILES string of the molecule is CO[C@@H]1O[C@H](COCc2ccccc2)[C@@H](O[C@@H]2O[C@H](COCc3ccccc3)[C@H](O[C@H]3O[C@H](COCc4ccccc4)[C@H](OCc4ccccc4)[C@H](OCc4ccccc4)[C@H]3OCc3ccccc3)[C@H](OCc3ccccc3)[C@H]2OCCO)[C@H](OCc2ccccc2)[C@H]1OCc1ccccc1. The highest BCUT2D eigenvalue weighted by atomic mass is 16.8. The van der Waals surface area contributed by atoms with Gasteiger partial charge in [0.2, 0.25) is 0 Å². The standard InChI is InChI=1S/C84H92O17/c1-86-82-79(95-56-68-43-25-9-26-44-68)77(93-54-66-39-21-7-22-40-66)74(71(97-82)59-88-50-62-31-13-3-14-32-62)100-83-80(90-48-47-85)78(94-55-67-41-23-8-24-42-67)75(72(99-83)60-89-51-63-33-15-4-16-34-63)101-84-81(96-57-69-45-27-10-28-46-69)76(92-53-65-37-19-6-20-38-65)73(91-52-64-35-17-5-18-36-64)70(98-84)58-87-49-61-29-11-2-12-30-61/h2-46,70-85H,47-60H2,1H3/t70-,71-,72-,73+,74-,75+,76+,77+,78+,79-,80-,81-,82-,83+,84-/m1/s1. The molecule has 3 heterocycles. The van der Waals surface area contributed by atoms with E-state index in [1.54, 1.807) is 7.11 Å². The summed E-state index contributed by atoms with van der Waals surface area (Å²) in [5, 5.41) is 10.9. The van der Waals surface area contributed by atoms with Crippen LogP contribution in [0.4, 0.5) is 0 Å². The summed E-state index contributed by atoms with van der Waals surface area (Å²) in [4.78, 5) is 0. The monoisotopic (exact) mass is 1370 g/mol. The molecule has 9 aromatic rings. The fourth-order valence-corrected chi connectivity index (χ4v) is 12.8. The maximum Gasteiger partial charge on any atom is 0.187 e. The molecule has 3 aliphatic rings. The molecule has 17 heteroatoms. The smallest absolute Gasteiger partial charge is 0.187 e. The highest BCUT2D eigenvalue weighted by molar-refractivity contribution is 5.21. The van der Waals surface area contributed by atoms with Crippen molar-refractivity contribution < 1.29 is 80.9 Å². The third-order valence-corrected chi connectivity index (χ3v) is 17.9. The van der Waals surface area contributed by atoms with Gasteiger partial charge in [0.15, 0.2) is 18.9 Å². The summed E-state index contributed by atoms with van der Waals surface area (Å²) in [5.74, 6) is 0. The Labute approximate surface area is 592 Å². The Morgan fingerprint density at radius 2 is 0.465 bits per heavy atom. The molecule has 0 aliphatic carbocycles. The average molecular weight is 1370 g/mol. The molecule has 0 aromatic heterocycles. The van der Waals surface area contributed by atoms with E-state index in [9.17, 15) is 5.11 Å². The number of rotatable bonds is 38. The van der Waals surface area contributed by atoms with Gasteiger partial charge in [-0.1, -0.05) is 273 Å². The summed E-state index contributed by atoms with van der Waals surface area (Å²) < 4.78 is 114. The zero-order chi connectivity index (χ0) is 68.9. The number of aliphatic hydroxyl groups excluding tert-OH is 1. The average Bonchev–Trinajstić information content (AvgIpc) is 0.766. The van der Waals surface area contributed by atoms with Crippen molar-refractivity contribution in [2.24, 2.45) is 0 Å². The lowest BCUT2D eigenvalue weighted by atomic mass is 9.95. The van der Waals surface area contributed by atoms with E-state index in [1.165, 1.54) is 0 Å². The summed E-state index contributed by atoms with van der Waals surface area (Å²) in [6.07, 6.45) is -15.1. The van der Waals surface area contributed by atoms with Gasteiger partial charge < -0.3 is 80.9 Å². The van der Waals surface area contributed by atoms with Crippen LogP contribution in [-0.2, 0) is 135 Å². The molecule has 12 rings (SSSR count). The minimum Gasteiger partial charge on any atom is -0.394 e. The van der Waals surface area contributed by atoms with E-state index in [2.05, 4.69) is 0 Å². The van der Waals surface area contributed by atoms with Gasteiger partial charge in [-0.25, -0.2) is 0 Å². The van der Waals surface area contributed by atoms with Crippen LogP contribution in [0, 0.1) is 0 Å². The first-order valence-corrected chi connectivity index (χ1v) is 34.8. The molecule has 9 aromatic carbocycles. The van der Waals surface area contributed by atoms with Gasteiger partial charge in [0, 0.05) is 7.11 Å².